The van der Waals surface area contributed by atoms with Crippen LogP contribution < -0.4 is 10.1 Å². The lowest BCUT2D eigenvalue weighted by molar-refractivity contribution is -0.141. The van der Waals surface area contributed by atoms with Crippen LogP contribution in [0.3, 0.4) is 0 Å². The van der Waals surface area contributed by atoms with E-state index in [1.807, 2.05) is 0 Å². The van der Waals surface area contributed by atoms with E-state index in [4.69, 9.17) is 16.3 Å². The minimum absolute atomic E-state index is 0.124. The number of carboxylic acid groups (broad SMARTS) is 1. The van der Waals surface area contributed by atoms with Crippen molar-refractivity contribution >= 4 is 23.3 Å². The molecule has 3 saturated carbocycles. The number of aliphatic carboxylic acids is 1. The Morgan fingerprint density at radius 2 is 2.00 bits per heavy atom. The molecule has 6 heteroatoms. The Hall–Kier alpha value is -1.49. The molecule has 0 radical (unpaired) electrons. The topological polar surface area (TPSA) is 58.6 Å². The van der Waals surface area contributed by atoms with Crippen LogP contribution in [0.5, 0.6) is 5.75 Å². The molecule has 2 bridgehead atoms. The zero-order valence-electron chi connectivity index (χ0n) is 16.3. The lowest BCUT2D eigenvalue weighted by Gasteiger charge is -2.37. The van der Waals surface area contributed by atoms with Crippen molar-refractivity contribution in [3.05, 3.63) is 23.0 Å². The second-order valence-corrected chi connectivity index (χ2v) is 9.85. The van der Waals surface area contributed by atoms with Gasteiger partial charge in [0.2, 0.25) is 0 Å². The zero-order chi connectivity index (χ0) is 19.9. The van der Waals surface area contributed by atoms with Crippen LogP contribution in [0.1, 0.15) is 58.3 Å². The van der Waals surface area contributed by atoms with E-state index in [1.54, 1.807) is 0 Å². The fourth-order valence-electron chi connectivity index (χ4n) is 5.77. The van der Waals surface area contributed by atoms with Crippen LogP contribution in [0.2, 0.25) is 5.02 Å². The maximum Gasteiger partial charge on any atom is 0.308 e. The first kappa shape index (κ1) is 19.8. The van der Waals surface area contributed by atoms with E-state index >= 15 is 0 Å². The number of nitrogens with one attached hydrogen (secondary N) is 1. The standard InChI is InChI=1S/C22H29ClFNO3/c1-22(10-13-5-6-14(7-13)11-22)12-28-20-9-17(24)19(8-16(20)23)25-18-4-2-3-15(18)21(26)27/h8-9,13-15,18,25H,2-7,10-12H2,1H3,(H,26,27)/t13-,14+,15-,18?,22?/m1/s1. The van der Waals surface area contributed by atoms with E-state index in [0.717, 1.165) is 18.3 Å². The van der Waals surface area contributed by atoms with E-state index in [2.05, 4.69) is 12.2 Å². The molecular formula is C22H29ClFNO3. The molecule has 5 atom stereocenters. The predicted molar refractivity (Wildman–Crippen MR) is 107 cm³/mol. The first-order valence-electron chi connectivity index (χ1n) is 10.4. The first-order valence-corrected chi connectivity index (χ1v) is 10.8. The fraction of sp³-hybridized carbons (Fsp3) is 0.682. The summed E-state index contributed by atoms with van der Waals surface area (Å²) < 4.78 is 20.6. The van der Waals surface area contributed by atoms with E-state index in [1.165, 1.54) is 44.2 Å². The lowest BCUT2D eigenvalue weighted by atomic mass is 9.71. The molecule has 3 aliphatic rings. The molecule has 2 N–H and O–H groups in total. The van der Waals surface area contributed by atoms with Gasteiger partial charge in [-0.15, -0.1) is 0 Å². The number of halogens is 2. The highest BCUT2D eigenvalue weighted by Crippen LogP contribution is 2.50. The highest BCUT2D eigenvalue weighted by molar-refractivity contribution is 6.32. The van der Waals surface area contributed by atoms with Gasteiger partial charge in [-0.3, -0.25) is 4.79 Å². The number of ether oxygens (including phenoxy) is 1. The van der Waals surface area contributed by atoms with Crippen molar-refractivity contribution < 1.29 is 19.0 Å². The van der Waals surface area contributed by atoms with Crippen LogP contribution in [0, 0.1) is 29.0 Å². The highest BCUT2D eigenvalue weighted by Gasteiger charge is 2.41. The minimum Gasteiger partial charge on any atom is -0.491 e. The largest absolute Gasteiger partial charge is 0.491 e. The summed E-state index contributed by atoms with van der Waals surface area (Å²) in [5, 5.41) is 12.7. The molecular weight excluding hydrogens is 381 g/mol. The molecule has 28 heavy (non-hydrogen) atoms. The fourth-order valence-corrected chi connectivity index (χ4v) is 5.99. The molecule has 154 valence electrons. The second kappa shape index (κ2) is 7.74. The summed E-state index contributed by atoms with van der Waals surface area (Å²) in [7, 11) is 0. The molecule has 1 aromatic carbocycles. The summed E-state index contributed by atoms with van der Waals surface area (Å²) in [6.07, 6.45) is 8.50. The van der Waals surface area contributed by atoms with E-state index < -0.39 is 17.7 Å². The molecule has 0 heterocycles. The van der Waals surface area contributed by atoms with E-state index in [0.29, 0.717) is 30.2 Å². The Kier molecular flexibility index (Phi) is 5.47. The molecule has 4 nitrogen and oxygen atoms in total. The number of fused-ring (bicyclic) bond motifs is 2. The molecule has 1 aromatic rings. The van der Waals surface area contributed by atoms with Crippen LogP contribution in [-0.2, 0) is 4.79 Å². The van der Waals surface area contributed by atoms with Crippen LogP contribution in [-0.4, -0.2) is 23.7 Å². The molecule has 3 fully saturated rings. The van der Waals surface area contributed by atoms with Crippen LogP contribution in [0.4, 0.5) is 10.1 Å². The maximum atomic E-state index is 14.7. The van der Waals surface area contributed by atoms with Crippen LogP contribution >= 0.6 is 11.6 Å². The third-order valence-electron chi connectivity index (χ3n) is 6.98. The Bertz CT molecular complexity index is 744. The third kappa shape index (κ3) is 4.10. The van der Waals surface area contributed by atoms with Crippen LogP contribution in [0.15, 0.2) is 12.1 Å². The average molecular weight is 410 g/mol. The summed E-state index contributed by atoms with van der Waals surface area (Å²) in [6, 6.07) is 2.58. The van der Waals surface area contributed by atoms with Crippen molar-refractivity contribution in [2.75, 3.05) is 11.9 Å². The zero-order valence-corrected chi connectivity index (χ0v) is 17.1. The molecule has 0 amide bonds. The Balaban J connectivity index is 1.42. The highest BCUT2D eigenvalue weighted by atomic mass is 35.5. The quantitative estimate of drug-likeness (QED) is 0.629. The normalized spacial score (nSPS) is 34.4. The van der Waals surface area contributed by atoms with Crippen molar-refractivity contribution in [1.29, 1.82) is 0 Å². The number of benzene rings is 1. The smallest absolute Gasteiger partial charge is 0.308 e. The molecule has 2 unspecified atom stereocenters. The summed E-state index contributed by atoms with van der Waals surface area (Å²) >= 11 is 6.37. The first-order chi connectivity index (χ1) is 13.3. The van der Waals surface area contributed by atoms with Crippen LogP contribution in [0.25, 0.3) is 0 Å². The number of anilines is 1. The van der Waals surface area contributed by atoms with Gasteiger partial charge in [0.25, 0.3) is 0 Å². The van der Waals surface area contributed by atoms with Crippen molar-refractivity contribution in [1.82, 2.24) is 0 Å². The lowest BCUT2D eigenvalue weighted by Crippen LogP contribution is -2.32. The van der Waals surface area contributed by atoms with Crippen molar-refractivity contribution in [2.45, 2.75) is 64.3 Å². The monoisotopic (exact) mass is 409 g/mol. The molecule has 4 rings (SSSR count). The number of rotatable bonds is 6. The van der Waals surface area contributed by atoms with Gasteiger partial charge < -0.3 is 15.2 Å². The van der Waals surface area contributed by atoms with Gasteiger partial charge in [0.15, 0.2) is 0 Å². The minimum atomic E-state index is -0.837. The average Bonchev–Trinajstić information content (AvgIpc) is 3.23. The Labute approximate surface area is 170 Å². The molecule has 0 aromatic heterocycles. The van der Waals surface area contributed by atoms with Gasteiger partial charge in [0, 0.05) is 17.5 Å². The van der Waals surface area contributed by atoms with E-state index in [-0.39, 0.29) is 17.1 Å². The van der Waals surface area contributed by atoms with Crippen molar-refractivity contribution in [2.24, 2.45) is 23.2 Å². The molecule has 0 aliphatic heterocycles. The third-order valence-corrected chi connectivity index (χ3v) is 7.28. The molecule has 0 spiro atoms. The summed E-state index contributed by atoms with van der Waals surface area (Å²) in [5.74, 6) is 0.195. The molecule has 3 aliphatic carbocycles. The van der Waals surface area contributed by atoms with Gasteiger partial charge in [-0.25, -0.2) is 4.39 Å². The van der Waals surface area contributed by atoms with E-state index in [9.17, 15) is 14.3 Å². The number of hydrogen-bond acceptors (Lipinski definition) is 3. The van der Waals surface area contributed by atoms with Gasteiger partial charge in [0.05, 0.1) is 23.2 Å². The van der Waals surface area contributed by atoms with Gasteiger partial charge in [-0.1, -0.05) is 37.8 Å². The summed E-state index contributed by atoms with van der Waals surface area (Å²) in [4.78, 5) is 11.3. The number of carbonyl (C=O) groups is 1. The summed E-state index contributed by atoms with van der Waals surface area (Å²) in [5.41, 5.74) is 0.372. The van der Waals surface area contributed by atoms with Gasteiger partial charge in [0.1, 0.15) is 11.6 Å². The number of carboxylic acids is 1. The van der Waals surface area contributed by atoms with Gasteiger partial charge >= 0.3 is 5.97 Å². The second-order valence-electron chi connectivity index (χ2n) is 9.44. The Morgan fingerprint density at radius 1 is 1.29 bits per heavy atom. The van der Waals surface area contributed by atoms with Gasteiger partial charge in [-0.2, -0.15) is 0 Å². The Morgan fingerprint density at radius 3 is 2.68 bits per heavy atom. The van der Waals surface area contributed by atoms with Gasteiger partial charge in [-0.05, 0) is 50.0 Å². The van der Waals surface area contributed by atoms with Crippen molar-refractivity contribution in [3.63, 3.8) is 0 Å². The number of hydrogen-bond donors (Lipinski definition) is 2. The molecule has 0 saturated heterocycles. The predicted octanol–water partition coefficient (Wildman–Crippen LogP) is 5.74. The maximum absolute atomic E-state index is 14.7. The van der Waals surface area contributed by atoms with Crippen molar-refractivity contribution in [3.8, 4) is 5.75 Å². The SMILES string of the molecule is CC1(COc2cc(F)c(NC3CCC[C@H]3C(=O)O)cc2Cl)C[C@@H]2CC[C@@H](C2)C1. The summed E-state index contributed by atoms with van der Waals surface area (Å²) in [6.45, 7) is 2.82.